The van der Waals surface area contributed by atoms with Crippen LogP contribution in [0.4, 0.5) is 0 Å². The van der Waals surface area contributed by atoms with Crippen molar-refractivity contribution in [1.29, 1.82) is 0 Å². The molecule has 0 saturated carbocycles. The van der Waals surface area contributed by atoms with Crippen LogP contribution in [0.5, 0.6) is 0 Å². The number of aliphatic carboxylic acids is 1. The maximum atomic E-state index is 10.1. The van der Waals surface area contributed by atoms with Gasteiger partial charge in [-0.3, -0.25) is 4.79 Å². The maximum absolute atomic E-state index is 10.1. The van der Waals surface area contributed by atoms with E-state index in [1.54, 1.807) is 0 Å². The Bertz CT molecular complexity index is 115. The first-order valence-electron chi connectivity index (χ1n) is 4.70. The van der Waals surface area contributed by atoms with Crippen LogP contribution in [0.2, 0.25) is 0 Å². The lowest BCUT2D eigenvalue weighted by Crippen LogP contribution is -2.16. The van der Waals surface area contributed by atoms with Gasteiger partial charge >= 0.3 is 5.97 Å². The fourth-order valence-electron chi connectivity index (χ4n) is 0.953. The molecular weight excluding hydrogens is 154 g/mol. The molecular formula is C9H19NO2. The van der Waals surface area contributed by atoms with Crippen LogP contribution in [-0.4, -0.2) is 24.2 Å². The molecule has 0 aliphatic carbocycles. The summed E-state index contributed by atoms with van der Waals surface area (Å²) >= 11 is 0. The molecule has 0 aromatic rings. The number of hydrogen-bond acceptors (Lipinski definition) is 2. The van der Waals surface area contributed by atoms with Gasteiger partial charge in [-0.05, 0) is 32.4 Å². The smallest absolute Gasteiger partial charge is 0.303 e. The molecule has 0 heterocycles. The molecule has 12 heavy (non-hydrogen) atoms. The summed E-state index contributed by atoms with van der Waals surface area (Å²) in [4.78, 5) is 10.1. The van der Waals surface area contributed by atoms with Crippen molar-refractivity contribution in [3.8, 4) is 0 Å². The molecule has 0 aliphatic heterocycles. The number of carbonyl (C=O) groups is 1. The summed E-state index contributed by atoms with van der Waals surface area (Å²) in [6.45, 7) is 4.17. The molecule has 0 spiro atoms. The van der Waals surface area contributed by atoms with Crippen LogP contribution in [0.1, 0.15) is 39.0 Å². The Labute approximate surface area is 74.2 Å². The largest absolute Gasteiger partial charge is 0.481 e. The molecule has 72 valence electrons. The highest BCUT2D eigenvalue weighted by Gasteiger charge is 1.95. The standard InChI is InChI=1S/C9H19NO2/c1-2-3-7-10-8-5-4-6-9(11)12/h10H,2-8H2,1H3,(H,11,12). The zero-order valence-electron chi connectivity index (χ0n) is 7.81. The van der Waals surface area contributed by atoms with Gasteiger partial charge in [0, 0.05) is 6.42 Å². The van der Waals surface area contributed by atoms with Gasteiger partial charge < -0.3 is 10.4 Å². The molecule has 0 amide bonds. The third kappa shape index (κ3) is 9.43. The SMILES string of the molecule is CCCCNCCCCC(=O)O. The molecule has 0 radical (unpaired) electrons. The van der Waals surface area contributed by atoms with Crippen molar-refractivity contribution in [3.05, 3.63) is 0 Å². The van der Waals surface area contributed by atoms with Crippen molar-refractivity contribution in [3.63, 3.8) is 0 Å². The minimum atomic E-state index is -0.691. The molecule has 0 fully saturated rings. The van der Waals surface area contributed by atoms with Crippen molar-refractivity contribution in [2.24, 2.45) is 0 Å². The molecule has 0 aromatic carbocycles. The molecule has 3 nitrogen and oxygen atoms in total. The van der Waals surface area contributed by atoms with Crippen molar-refractivity contribution in [2.45, 2.75) is 39.0 Å². The van der Waals surface area contributed by atoms with Crippen molar-refractivity contribution < 1.29 is 9.90 Å². The lowest BCUT2D eigenvalue weighted by Gasteiger charge is -2.01. The molecule has 3 heteroatoms. The first-order valence-corrected chi connectivity index (χ1v) is 4.70. The summed E-state index contributed by atoms with van der Waals surface area (Å²) < 4.78 is 0. The van der Waals surface area contributed by atoms with Crippen molar-refractivity contribution >= 4 is 5.97 Å². The highest BCUT2D eigenvalue weighted by atomic mass is 16.4. The first-order chi connectivity index (χ1) is 5.77. The van der Waals surface area contributed by atoms with E-state index in [1.165, 1.54) is 12.8 Å². The van der Waals surface area contributed by atoms with E-state index in [2.05, 4.69) is 12.2 Å². The van der Waals surface area contributed by atoms with Gasteiger partial charge in [-0.15, -0.1) is 0 Å². The van der Waals surface area contributed by atoms with Gasteiger partial charge in [0.1, 0.15) is 0 Å². The minimum absolute atomic E-state index is 0.301. The van der Waals surface area contributed by atoms with Crippen LogP contribution >= 0.6 is 0 Å². The molecule has 0 saturated heterocycles. The van der Waals surface area contributed by atoms with E-state index >= 15 is 0 Å². The molecule has 0 aromatic heterocycles. The second-order valence-electron chi connectivity index (χ2n) is 2.95. The number of carboxylic acid groups (broad SMARTS) is 1. The van der Waals surface area contributed by atoms with Gasteiger partial charge in [0.2, 0.25) is 0 Å². The van der Waals surface area contributed by atoms with Crippen LogP contribution < -0.4 is 5.32 Å². The second-order valence-corrected chi connectivity index (χ2v) is 2.95. The second kappa shape index (κ2) is 8.53. The van der Waals surface area contributed by atoms with Gasteiger partial charge in [0.05, 0.1) is 0 Å². The minimum Gasteiger partial charge on any atom is -0.481 e. The van der Waals surface area contributed by atoms with Gasteiger partial charge in [0.15, 0.2) is 0 Å². The van der Waals surface area contributed by atoms with E-state index in [-0.39, 0.29) is 0 Å². The summed E-state index contributed by atoms with van der Waals surface area (Å²) in [6.07, 6.45) is 4.47. The monoisotopic (exact) mass is 173 g/mol. The normalized spacial score (nSPS) is 10.1. The van der Waals surface area contributed by atoms with E-state index < -0.39 is 5.97 Å². The van der Waals surface area contributed by atoms with E-state index in [9.17, 15) is 4.79 Å². The van der Waals surface area contributed by atoms with Crippen LogP contribution in [0.25, 0.3) is 0 Å². The number of carboxylic acids is 1. The van der Waals surface area contributed by atoms with E-state index in [4.69, 9.17) is 5.11 Å². The zero-order chi connectivity index (χ0) is 9.23. The van der Waals surface area contributed by atoms with Crippen molar-refractivity contribution in [1.82, 2.24) is 5.32 Å². The third-order valence-electron chi connectivity index (χ3n) is 1.70. The summed E-state index contributed by atoms with van der Waals surface area (Å²) in [5.41, 5.74) is 0. The van der Waals surface area contributed by atoms with Gasteiger partial charge in [-0.25, -0.2) is 0 Å². The van der Waals surface area contributed by atoms with Crippen LogP contribution in [0.15, 0.2) is 0 Å². The fourth-order valence-corrected chi connectivity index (χ4v) is 0.953. The number of nitrogens with one attached hydrogen (secondary N) is 1. The Hall–Kier alpha value is -0.570. The quantitative estimate of drug-likeness (QED) is 0.548. The number of hydrogen-bond donors (Lipinski definition) is 2. The summed E-state index contributed by atoms with van der Waals surface area (Å²) in [5.74, 6) is -0.691. The lowest BCUT2D eigenvalue weighted by atomic mass is 10.2. The highest BCUT2D eigenvalue weighted by Crippen LogP contribution is 1.93. The maximum Gasteiger partial charge on any atom is 0.303 e. The van der Waals surface area contributed by atoms with E-state index in [1.807, 2.05) is 0 Å². The molecule has 0 rings (SSSR count). The topological polar surface area (TPSA) is 49.3 Å². The molecule has 0 bridgehead atoms. The summed E-state index contributed by atoms with van der Waals surface area (Å²) in [5, 5.41) is 11.6. The van der Waals surface area contributed by atoms with Gasteiger partial charge in [-0.2, -0.15) is 0 Å². The Morgan fingerprint density at radius 3 is 2.50 bits per heavy atom. The fraction of sp³-hybridized carbons (Fsp3) is 0.889. The Morgan fingerprint density at radius 2 is 1.92 bits per heavy atom. The van der Waals surface area contributed by atoms with Gasteiger partial charge in [-0.1, -0.05) is 13.3 Å². The highest BCUT2D eigenvalue weighted by molar-refractivity contribution is 5.66. The lowest BCUT2D eigenvalue weighted by molar-refractivity contribution is -0.137. The van der Waals surface area contributed by atoms with Crippen molar-refractivity contribution in [2.75, 3.05) is 13.1 Å². The predicted octanol–water partition coefficient (Wildman–Crippen LogP) is 1.63. The first kappa shape index (κ1) is 11.4. The Balaban J connectivity index is 2.86. The van der Waals surface area contributed by atoms with Crippen LogP contribution in [0, 0.1) is 0 Å². The Morgan fingerprint density at radius 1 is 1.25 bits per heavy atom. The molecule has 0 aliphatic rings. The zero-order valence-corrected chi connectivity index (χ0v) is 7.81. The average Bonchev–Trinajstić information content (AvgIpc) is 2.02. The summed E-state index contributed by atoms with van der Waals surface area (Å²) in [6, 6.07) is 0. The van der Waals surface area contributed by atoms with E-state index in [0.29, 0.717) is 6.42 Å². The van der Waals surface area contributed by atoms with Crippen LogP contribution in [0.3, 0.4) is 0 Å². The predicted molar refractivity (Wildman–Crippen MR) is 49.3 cm³/mol. The van der Waals surface area contributed by atoms with E-state index in [0.717, 1.165) is 25.9 Å². The number of unbranched alkanes of at least 4 members (excludes halogenated alkanes) is 2. The average molecular weight is 173 g/mol. The molecule has 0 atom stereocenters. The summed E-state index contributed by atoms with van der Waals surface area (Å²) in [7, 11) is 0. The Kier molecular flexibility index (Phi) is 8.12. The third-order valence-corrected chi connectivity index (χ3v) is 1.70. The number of rotatable bonds is 8. The van der Waals surface area contributed by atoms with Crippen LogP contribution in [-0.2, 0) is 4.79 Å². The molecule has 2 N–H and O–H groups in total. The molecule has 0 unspecified atom stereocenters. The van der Waals surface area contributed by atoms with Gasteiger partial charge in [0.25, 0.3) is 0 Å².